The third-order valence-corrected chi connectivity index (χ3v) is 10.3. The van der Waals surface area contributed by atoms with Crippen molar-refractivity contribution < 1.29 is 47.5 Å². The Kier molecular flexibility index (Phi) is 14.2. The van der Waals surface area contributed by atoms with Crippen LogP contribution in [0.15, 0.2) is 54.3 Å². The molecule has 12 nitrogen and oxygen atoms in total. The lowest BCUT2D eigenvalue weighted by atomic mass is 9.78. The van der Waals surface area contributed by atoms with Crippen molar-refractivity contribution in [2.75, 3.05) is 76.7 Å². The molecule has 0 aliphatic carbocycles. The lowest BCUT2D eigenvalue weighted by molar-refractivity contribution is -0.120. The van der Waals surface area contributed by atoms with Gasteiger partial charge in [0, 0.05) is 62.9 Å². The van der Waals surface area contributed by atoms with Crippen LogP contribution >= 0.6 is 0 Å². The van der Waals surface area contributed by atoms with Gasteiger partial charge in [-0.1, -0.05) is 12.1 Å². The molecule has 2 heterocycles. The number of Topliss-reactive ketones (excluding diaryl/α,β-unsaturated/α-hetero) is 2. The maximum absolute atomic E-state index is 13.7. The summed E-state index contributed by atoms with van der Waals surface area (Å²) in [5.41, 5.74) is 4.85. The second kappa shape index (κ2) is 19.0. The van der Waals surface area contributed by atoms with E-state index in [1.165, 1.54) is 0 Å². The molecule has 0 bridgehead atoms. The molecule has 1 N–H and O–H groups in total. The van der Waals surface area contributed by atoms with Gasteiger partial charge in [0.25, 0.3) is 0 Å². The van der Waals surface area contributed by atoms with Crippen LogP contribution in [-0.2, 0) is 31.9 Å². The molecule has 0 saturated heterocycles. The number of hydrogen-bond acceptors (Lipinski definition) is 12. The molecule has 12 heteroatoms. The highest BCUT2D eigenvalue weighted by molar-refractivity contribution is 5.81. The quantitative estimate of drug-likeness (QED) is 0.140. The van der Waals surface area contributed by atoms with Crippen LogP contribution < -0.4 is 33.7 Å². The van der Waals surface area contributed by atoms with Crippen LogP contribution in [-0.4, -0.2) is 99.2 Å². The summed E-state index contributed by atoms with van der Waals surface area (Å²) < 4.78 is 45.1. The fourth-order valence-electron chi connectivity index (χ4n) is 7.44. The number of likely N-dealkylation sites (N-methyl/N-ethyl adjacent to an activating group) is 2. The molecule has 0 saturated carbocycles. The minimum absolute atomic E-state index is 0.0884. The zero-order valence-corrected chi connectivity index (χ0v) is 32.7. The van der Waals surface area contributed by atoms with Gasteiger partial charge in [0.15, 0.2) is 11.5 Å². The number of carbonyl (C=O) groups is 2. The number of ether oxygens (including phenoxy) is 8. The lowest BCUT2D eigenvalue weighted by Crippen LogP contribution is -2.37. The molecule has 5 rings (SSSR count). The lowest BCUT2D eigenvalue weighted by Gasteiger charge is -2.40. The van der Waals surface area contributed by atoms with Crippen molar-refractivity contribution in [3.63, 3.8) is 0 Å². The summed E-state index contributed by atoms with van der Waals surface area (Å²) in [4.78, 5) is 29.2. The number of hydrogen-bond donors (Lipinski definition) is 1. The van der Waals surface area contributed by atoms with Crippen LogP contribution in [0.1, 0.15) is 65.5 Å². The van der Waals surface area contributed by atoms with Crippen LogP contribution in [0.3, 0.4) is 0 Å². The summed E-state index contributed by atoms with van der Waals surface area (Å²) >= 11 is 0. The number of nitrogens with zero attached hydrogens (tertiary/aromatic N) is 1. The molecule has 0 aromatic heterocycles. The number of nitrogens with one attached hydrogen (secondary N) is 1. The first-order chi connectivity index (χ1) is 26.2. The van der Waals surface area contributed by atoms with Crippen LogP contribution in [0.5, 0.6) is 34.5 Å². The van der Waals surface area contributed by atoms with E-state index in [1.54, 1.807) is 42.7 Å². The third-order valence-electron chi connectivity index (χ3n) is 10.3. The Morgan fingerprint density at radius 1 is 0.889 bits per heavy atom. The van der Waals surface area contributed by atoms with E-state index < -0.39 is 0 Å². The van der Waals surface area contributed by atoms with Gasteiger partial charge in [-0.2, -0.15) is 0 Å². The van der Waals surface area contributed by atoms with Crippen LogP contribution in [0, 0.1) is 0 Å². The Bertz CT molecular complexity index is 1810. The topological polar surface area (TPSA) is 123 Å². The number of ketones is 2. The molecule has 2 aliphatic heterocycles. The maximum atomic E-state index is 13.7. The summed E-state index contributed by atoms with van der Waals surface area (Å²) in [6, 6.07) is 13.4. The average molecular weight is 747 g/mol. The first-order valence-electron chi connectivity index (χ1n) is 18.2. The highest BCUT2D eigenvalue weighted by Gasteiger charge is 2.39. The summed E-state index contributed by atoms with van der Waals surface area (Å²) in [6.07, 6.45) is 4.21. The smallest absolute Gasteiger partial charge is 0.231 e. The third kappa shape index (κ3) is 9.29. The highest BCUT2D eigenvalue weighted by Crippen LogP contribution is 2.53. The zero-order valence-electron chi connectivity index (χ0n) is 32.7. The molecule has 0 amide bonds. The van der Waals surface area contributed by atoms with Gasteiger partial charge in [0.2, 0.25) is 12.5 Å². The normalized spacial score (nSPS) is 17.1. The number of fused-ring (bicyclic) bond motifs is 2. The van der Waals surface area contributed by atoms with Gasteiger partial charge in [-0.05, 0) is 85.6 Å². The summed E-state index contributed by atoms with van der Waals surface area (Å²) in [5.74, 6) is 4.72. The standard InChI is InChI=1S/C42H54N2O10/c1-43-29(20-33(49-5)24-47-3)19-30(45)12-9-27-17-26(11-15-37(27)50-6)35-23-44(2)36(40-34(35)22-39-41(42(40)52-8)54-25-53-39)21-31(46)13-10-28-18-32(48-4)14-16-38(28)51-7/h11,14-18,20,22,29,35-36,43H,9-10,12-13,19,21,23-25H2,1-8H3. The SMILES string of the molecule is CNC(C=C(COC)OC)CC(=O)CCc1cc(C2CN(C)C(CC(=O)CCc3cc(OC)ccc3OC)c3c2cc2c(c3OC)OCO2)ccc1OC. The van der Waals surface area contributed by atoms with Crippen molar-refractivity contribution in [3.8, 4) is 34.5 Å². The van der Waals surface area contributed by atoms with Crippen molar-refractivity contribution in [2.24, 2.45) is 0 Å². The summed E-state index contributed by atoms with van der Waals surface area (Å²) in [6.45, 7) is 1.06. The molecule has 0 fully saturated rings. The fraction of sp³-hybridized carbons (Fsp3) is 0.476. The Labute approximate surface area is 318 Å². The Morgan fingerprint density at radius 3 is 2.24 bits per heavy atom. The van der Waals surface area contributed by atoms with Gasteiger partial charge in [-0.25, -0.2) is 0 Å². The van der Waals surface area contributed by atoms with Crippen molar-refractivity contribution in [1.29, 1.82) is 0 Å². The Balaban J connectivity index is 1.40. The molecule has 54 heavy (non-hydrogen) atoms. The van der Waals surface area contributed by atoms with Crippen LogP contribution in [0.25, 0.3) is 0 Å². The minimum Gasteiger partial charge on any atom is -0.499 e. The van der Waals surface area contributed by atoms with E-state index in [9.17, 15) is 9.59 Å². The van der Waals surface area contributed by atoms with Gasteiger partial charge in [-0.15, -0.1) is 0 Å². The first-order valence-corrected chi connectivity index (χ1v) is 18.2. The second-order valence-electron chi connectivity index (χ2n) is 13.6. The number of carbonyl (C=O) groups excluding carboxylic acids is 2. The van der Waals surface area contributed by atoms with E-state index in [0.717, 1.165) is 39.3 Å². The molecule has 3 aromatic rings. The van der Waals surface area contributed by atoms with Crippen molar-refractivity contribution in [1.82, 2.24) is 10.2 Å². The maximum Gasteiger partial charge on any atom is 0.231 e. The van der Waals surface area contributed by atoms with Crippen LogP contribution in [0.2, 0.25) is 0 Å². The molecule has 292 valence electrons. The minimum atomic E-state index is -0.257. The fourth-order valence-corrected chi connectivity index (χ4v) is 7.44. The van der Waals surface area contributed by atoms with Gasteiger partial charge in [0.05, 0.1) is 35.5 Å². The van der Waals surface area contributed by atoms with Crippen LogP contribution in [0.4, 0.5) is 0 Å². The zero-order chi connectivity index (χ0) is 38.8. The number of methoxy groups -OCH3 is 6. The molecule has 2 aliphatic rings. The number of rotatable bonds is 20. The molecule has 0 radical (unpaired) electrons. The highest BCUT2D eigenvalue weighted by atomic mass is 16.7. The monoisotopic (exact) mass is 746 g/mol. The van der Waals surface area contributed by atoms with E-state index in [2.05, 4.69) is 22.3 Å². The van der Waals surface area contributed by atoms with E-state index in [1.807, 2.05) is 50.5 Å². The largest absolute Gasteiger partial charge is 0.499 e. The van der Waals surface area contributed by atoms with Gasteiger partial charge < -0.3 is 43.2 Å². The van der Waals surface area contributed by atoms with E-state index in [0.29, 0.717) is 74.0 Å². The predicted molar refractivity (Wildman–Crippen MR) is 205 cm³/mol. The molecular formula is C42H54N2O10. The van der Waals surface area contributed by atoms with Gasteiger partial charge in [-0.3, -0.25) is 14.5 Å². The second-order valence-corrected chi connectivity index (χ2v) is 13.6. The van der Waals surface area contributed by atoms with E-state index >= 15 is 0 Å². The molecule has 3 aromatic carbocycles. The molecule has 3 unspecified atom stereocenters. The van der Waals surface area contributed by atoms with Gasteiger partial charge in [0.1, 0.15) is 41.2 Å². The van der Waals surface area contributed by atoms with E-state index in [-0.39, 0.29) is 42.8 Å². The summed E-state index contributed by atoms with van der Waals surface area (Å²) in [7, 11) is 13.6. The van der Waals surface area contributed by atoms with Crippen molar-refractivity contribution >= 4 is 11.6 Å². The predicted octanol–water partition coefficient (Wildman–Crippen LogP) is 5.82. The molecule has 3 atom stereocenters. The number of aryl methyl sites for hydroxylation is 2. The molecular weight excluding hydrogens is 692 g/mol. The average Bonchev–Trinajstić information content (AvgIpc) is 3.67. The Morgan fingerprint density at radius 2 is 1.59 bits per heavy atom. The molecule has 0 spiro atoms. The Hall–Kier alpha value is -4.78. The van der Waals surface area contributed by atoms with Crippen molar-refractivity contribution in [3.05, 3.63) is 82.1 Å². The number of benzene rings is 3. The summed E-state index contributed by atoms with van der Waals surface area (Å²) in [5, 5.41) is 3.19. The van der Waals surface area contributed by atoms with Crippen molar-refractivity contribution in [2.45, 2.75) is 56.5 Å². The van der Waals surface area contributed by atoms with Gasteiger partial charge >= 0.3 is 0 Å². The van der Waals surface area contributed by atoms with E-state index in [4.69, 9.17) is 37.9 Å². The first kappa shape index (κ1) is 40.4.